The van der Waals surface area contributed by atoms with Crippen molar-refractivity contribution in [3.05, 3.63) is 130 Å². The average Bonchev–Trinajstić information content (AvgIpc) is 2.98. The van der Waals surface area contributed by atoms with Crippen LogP contribution in [0.5, 0.6) is 0 Å². The molecule has 0 aromatic heterocycles. The summed E-state index contributed by atoms with van der Waals surface area (Å²) in [5, 5.41) is 11.5. The van der Waals surface area contributed by atoms with E-state index in [9.17, 15) is 18.3 Å². The molecule has 1 N–H and O–H groups in total. The van der Waals surface area contributed by atoms with E-state index in [4.69, 9.17) is 16.3 Å². The van der Waals surface area contributed by atoms with Gasteiger partial charge in [0, 0.05) is 18.1 Å². The minimum atomic E-state index is -3.72. The summed E-state index contributed by atoms with van der Waals surface area (Å²) < 4.78 is 31.2. The van der Waals surface area contributed by atoms with Gasteiger partial charge < -0.3 is 9.84 Å². The Morgan fingerprint density at radius 3 is 2.17 bits per heavy atom. The number of hydrogen-bond acceptors (Lipinski definition) is 6. The first-order valence-electron chi connectivity index (χ1n) is 13.6. The lowest BCUT2D eigenvalue weighted by Gasteiger charge is -2.25. The predicted molar refractivity (Wildman–Crippen MR) is 161 cm³/mol. The number of carbonyl (C=O) groups excluding carboxylic acids is 1. The Morgan fingerprint density at radius 1 is 0.878 bits per heavy atom. The zero-order valence-corrected chi connectivity index (χ0v) is 24.5. The number of halogens is 1. The Labute approximate surface area is 247 Å². The van der Waals surface area contributed by atoms with Crippen LogP contribution in [-0.4, -0.2) is 44.1 Å². The van der Waals surface area contributed by atoms with E-state index in [0.29, 0.717) is 23.7 Å². The standard InChI is InChI=1S/C33H34ClNO5S/c1-2-40-33(37)27-15-19-31(20-16-27)41(38,39)30-17-13-25(14-18-30)10-7-21-35(23-26-8-4-3-5-9-26)24-32(36)28-11-6-12-29(34)22-28/h3-6,8-9,11-20,22,32,36H,2,7,10,21,23-24H2,1H3/t32-/m1/s1. The van der Waals surface area contributed by atoms with Crippen molar-refractivity contribution in [1.82, 2.24) is 4.90 Å². The lowest BCUT2D eigenvalue weighted by atomic mass is 10.1. The molecule has 0 saturated carbocycles. The monoisotopic (exact) mass is 591 g/mol. The number of aliphatic hydroxyl groups excluding tert-OH is 1. The Balaban J connectivity index is 1.38. The SMILES string of the molecule is CCOC(=O)c1ccc(S(=O)(=O)c2ccc(CCCN(Cc3ccccc3)C[C@@H](O)c3cccc(Cl)c3)cc2)cc1. The minimum absolute atomic E-state index is 0.119. The van der Waals surface area contributed by atoms with Gasteiger partial charge in [0.05, 0.1) is 28.1 Å². The summed E-state index contributed by atoms with van der Waals surface area (Å²) in [6, 6.07) is 30.1. The third-order valence-electron chi connectivity index (χ3n) is 6.76. The largest absolute Gasteiger partial charge is 0.462 e. The number of sulfone groups is 1. The Morgan fingerprint density at radius 2 is 1.54 bits per heavy atom. The summed E-state index contributed by atoms with van der Waals surface area (Å²) in [5.41, 5.74) is 3.28. The summed E-state index contributed by atoms with van der Waals surface area (Å²) in [7, 11) is -3.72. The summed E-state index contributed by atoms with van der Waals surface area (Å²) in [6.45, 7) is 3.88. The number of aliphatic hydroxyl groups is 1. The highest BCUT2D eigenvalue weighted by atomic mass is 35.5. The molecule has 0 radical (unpaired) electrons. The molecule has 4 aromatic carbocycles. The fourth-order valence-electron chi connectivity index (χ4n) is 4.60. The van der Waals surface area contributed by atoms with Crippen LogP contribution in [0, 0.1) is 0 Å². The molecule has 1 atom stereocenters. The van der Waals surface area contributed by atoms with Crippen LogP contribution < -0.4 is 0 Å². The summed E-state index contributed by atoms with van der Waals surface area (Å²) in [4.78, 5) is 14.4. The molecule has 0 bridgehead atoms. The lowest BCUT2D eigenvalue weighted by Crippen LogP contribution is -2.29. The van der Waals surface area contributed by atoms with Crippen LogP contribution in [0.1, 0.15) is 46.5 Å². The molecule has 0 unspecified atom stereocenters. The van der Waals surface area contributed by atoms with E-state index in [0.717, 1.165) is 36.1 Å². The second-order valence-corrected chi connectivity index (χ2v) is 12.2. The van der Waals surface area contributed by atoms with Gasteiger partial charge in [0.15, 0.2) is 0 Å². The van der Waals surface area contributed by atoms with Gasteiger partial charge in [-0.2, -0.15) is 0 Å². The van der Waals surface area contributed by atoms with Crippen molar-refractivity contribution in [3.8, 4) is 0 Å². The third kappa shape index (κ3) is 8.50. The zero-order chi connectivity index (χ0) is 29.2. The molecule has 4 aromatic rings. The van der Waals surface area contributed by atoms with Gasteiger partial charge in [0.2, 0.25) is 9.84 Å². The molecule has 0 aliphatic carbocycles. The molecule has 8 heteroatoms. The zero-order valence-electron chi connectivity index (χ0n) is 22.9. The summed E-state index contributed by atoms with van der Waals surface area (Å²) in [5.74, 6) is -0.484. The lowest BCUT2D eigenvalue weighted by molar-refractivity contribution is 0.0526. The van der Waals surface area contributed by atoms with Crippen molar-refractivity contribution in [2.45, 2.75) is 42.2 Å². The van der Waals surface area contributed by atoms with Gasteiger partial charge >= 0.3 is 5.97 Å². The van der Waals surface area contributed by atoms with Crippen molar-refractivity contribution >= 4 is 27.4 Å². The molecule has 0 heterocycles. The highest BCUT2D eigenvalue weighted by Crippen LogP contribution is 2.23. The van der Waals surface area contributed by atoms with Crippen LogP contribution >= 0.6 is 11.6 Å². The Bertz CT molecular complexity index is 1520. The van der Waals surface area contributed by atoms with Crippen LogP contribution in [0.3, 0.4) is 0 Å². The molecule has 0 aliphatic rings. The average molecular weight is 592 g/mol. The first-order chi connectivity index (χ1) is 19.8. The molecule has 0 amide bonds. The predicted octanol–water partition coefficient (Wildman–Crippen LogP) is 6.52. The number of hydrogen-bond donors (Lipinski definition) is 1. The van der Waals surface area contributed by atoms with E-state index in [1.807, 2.05) is 42.5 Å². The highest BCUT2D eigenvalue weighted by molar-refractivity contribution is 7.91. The second kappa shape index (κ2) is 14.4. The van der Waals surface area contributed by atoms with Crippen LogP contribution in [0.4, 0.5) is 0 Å². The van der Waals surface area contributed by atoms with E-state index in [1.54, 1.807) is 31.2 Å². The maximum absolute atomic E-state index is 13.1. The van der Waals surface area contributed by atoms with E-state index in [1.165, 1.54) is 24.3 Å². The molecule has 0 spiro atoms. The molecule has 0 aliphatic heterocycles. The Hall–Kier alpha value is -3.49. The van der Waals surface area contributed by atoms with Crippen LogP contribution in [0.2, 0.25) is 5.02 Å². The number of carbonyl (C=O) groups is 1. The van der Waals surface area contributed by atoms with Gasteiger partial charge in [-0.15, -0.1) is 0 Å². The maximum atomic E-state index is 13.1. The fourth-order valence-corrected chi connectivity index (χ4v) is 6.06. The van der Waals surface area contributed by atoms with Crippen LogP contribution in [0.25, 0.3) is 0 Å². The first-order valence-corrected chi connectivity index (χ1v) is 15.4. The number of rotatable bonds is 13. The number of benzene rings is 4. The van der Waals surface area contributed by atoms with Crippen molar-refractivity contribution in [1.29, 1.82) is 0 Å². The minimum Gasteiger partial charge on any atom is -0.462 e. The van der Waals surface area contributed by atoms with Gasteiger partial charge in [-0.05, 0) is 91.5 Å². The van der Waals surface area contributed by atoms with Crippen LogP contribution in [-0.2, 0) is 27.5 Å². The number of esters is 1. The number of ether oxygens (including phenoxy) is 1. The second-order valence-electron chi connectivity index (χ2n) is 9.79. The van der Waals surface area contributed by atoms with Crippen molar-refractivity contribution in [2.75, 3.05) is 19.7 Å². The normalized spacial score (nSPS) is 12.3. The molecule has 0 saturated heterocycles. The number of aryl methyl sites for hydroxylation is 1. The van der Waals surface area contributed by atoms with Gasteiger partial charge in [0.25, 0.3) is 0 Å². The number of nitrogens with zero attached hydrogens (tertiary/aromatic N) is 1. The Kier molecular flexibility index (Phi) is 10.7. The van der Waals surface area contributed by atoms with Gasteiger partial charge in [-0.1, -0.05) is 66.2 Å². The smallest absolute Gasteiger partial charge is 0.338 e. The maximum Gasteiger partial charge on any atom is 0.338 e. The fraction of sp³-hybridized carbons (Fsp3) is 0.242. The van der Waals surface area contributed by atoms with Gasteiger partial charge in [-0.3, -0.25) is 4.90 Å². The highest BCUT2D eigenvalue weighted by Gasteiger charge is 2.19. The molecule has 41 heavy (non-hydrogen) atoms. The quantitative estimate of drug-likeness (QED) is 0.178. The summed E-state index contributed by atoms with van der Waals surface area (Å²) in [6.07, 6.45) is 0.914. The molecule has 0 fully saturated rings. The first kappa shape index (κ1) is 30.5. The molecule has 6 nitrogen and oxygen atoms in total. The van der Waals surface area contributed by atoms with Crippen molar-refractivity contribution in [3.63, 3.8) is 0 Å². The summed E-state index contributed by atoms with van der Waals surface area (Å²) >= 11 is 6.13. The van der Waals surface area contributed by atoms with E-state index < -0.39 is 21.9 Å². The third-order valence-corrected chi connectivity index (χ3v) is 8.78. The topological polar surface area (TPSA) is 83.9 Å². The van der Waals surface area contributed by atoms with Gasteiger partial charge in [-0.25, -0.2) is 13.2 Å². The molecular formula is C33H34ClNO5S. The van der Waals surface area contributed by atoms with E-state index in [2.05, 4.69) is 17.0 Å². The van der Waals surface area contributed by atoms with Crippen LogP contribution in [0.15, 0.2) is 113 Å². The van der Waals surface area contributed by atoms with Gasteiger partial charge in [0.1, 0.15) is 0 Å². The van der Waals surface area contributed by atoms with Crippen molar-refractivity contribution < 1.29 is 23.1 Å². The van der Waals surface area contributed by atoms with E-state index in [-0.39, 0.29) is 16.4 Å². The molecule has 4 rings (SSSR count). The van der Waals surface area contributed by atoms with Crippen molar-refractivity contribution in [2.24, 2.45) is 0 Å². The molecular weight excluding hydrogens is 558 g/mol. The molecule has 214 valence electrons. The van der Waals surface area contributed by atoms with E-state index >= 15 is 0 Å².